The molecule has 0 radical (unpaired) electrons. The van der Waals surface area contributed by atoms with E-state index in [0.717, 1.165) is 12.3 Å². The van der Waals surface area contributed by atoms with Crippen molar-refractivity contribution in [3.05, 3.63) is 53.6 Å². The van der Waals surface area contributed by atoms with Gasteiger partial charge in [-0.15, -0.1) is 0 Å². The lowest BCUT2D eigenvalue weighted by molar-refractivity contribution is -0.139. The number of aliphatic imine (C=N–C) groups is 1. The van der Waals surface area contributed by atoms with Crippen LogP contribution in [0.3, 0.4) is 0 Å². The van der Waals surface area contributed by atoms with Gasteiger partial charge in [0, 0.05) is 18.2 Å². The standard InChI is InChI=1S/C23H28N4O8S/c1-23(2,3)35-22(31)26-16(20(29)30)11-13-5-8-15(9-6-13)34-17-10-7-14(19(28)27-21(24)25)12-18(17)36(4,32)33/h5-10,12,16H,11H2,1-4H3,(H,26,31)(H,29,30)(H4,24,25,27,28)/t16-/m0/s1. The molecule has 0 aliphatic rings. The molecular weight excluding hydrogens is 492 g/mol. The minimum absolute atomic E-state index is 0.0367. The van der Waals surface area contributed by atoms with Gasteiger partial charge in [0.2, 0.25) is 0 Å². The number of hydrogen-bond donors (Lipinski definition) is 4. The Balaban J connectivity index is 2.22. The molecule has 0 heterocycles. The van der Waals surface area contributed by atoms with E-state index in [0.29, 0.717) is 5.56 Å². The van der Waals surface area contributed by atoms with E-state index in [1.807, 2.05) is 0 Å². The monoisotopic (exact) mass is 520 g/mol. The Morgan fingerprint density at radius 3 is 2.19 bits per heavy atom. The molecule has 13 heteroatoms. The van der Waals surface area contributed by atoms with Gasteiger partial charge in [-0.3, -0.25) is 4.79 Å². The van der Waals surface area contributed by atoms with Crippen LogP contribution in [-0.2, 0) is 25.8 Å². The van der Waals surface area contributed by atoms with Crippen molar-refractivity contribution in [3.8, 4) is 11.5 Å². The van der Waals surface area contributed by atoms with Gasteiger partial charge in [-0.1, -0.05) is 12.1 Å². The Hall–Kier alpha value is -4.13. The molecule has 2 aromatic rings. The number of benzene rings is 2. The summed E-state index contributed by atoms with van der Waals surface area (Å²) in [6, 6.07) is 8.63. The van der Waals surface area contributed by atoms with Gasteiger partial charge in [-0.2, -0.15) is 4.99 Å². The van der Waals surface area contributed by atoms with Crippen LogP contribution in [0.1, 0.15) is 36.7 Å². The predicted octanol–water partition coefficient (Wildman–Crippen LogP) is 1.82. The zero-order valence-electron chi connectivity index (χ0n) is 20.1. The number of nitrogens with one attached hydrogen (secondary N) is 1. The second-order valence-electron chi connectivity index (χ2n) is 8.76. The van der Waals surface area contributed by atoms with Gasteiger partial charge in [0.25, 0.3) is 5.91 Å². The van der Waals surface area contributed by atoms with Gasteiger partial charge in [0.05, 0.1) is 0 Å². The van der Waals surface area contributed by atoms with Gasteiger partial charge in [0.15, 0.2) is 15.8 Å². The van der Waals surface area contributed by atoms with Gasteiger partial charge in [-0.25, -0.2) is 18.0 Å². The maximum absolute atomic E-state index is 12.3. The summed E-state index contributed by atoms with van der Waals surface area (Å²) >= 11 is 0. The van der Waals surface area contributed by atoms with Crippen molar-refractivity contribution in [1.82, 2.24) is 5.32 Å². The summed E-state index contributed by atoms with van der Waals surface area (Å²) in [7, 11) is -3.80. The molecule has 2 amide bonds. The van der Waals surface area contributed by atoms with E-state index in [-0.39, 0.29) is 28.4 Å². The molecule has 1 atom stereocenters. The van der Waals surface area contributed by atoms with Gasteiger partial charge < -0.3 is 31.4 Å². The van der Waals surface area contributed by atoms with Crippen LogP contribution >= 0.6 is 0 Å². The number of aliphatic carboxylic acids is 1. The summed E-state index contributed by atoms with van der Waals surface area (Å²) in [5.41, 5.74) is 10.1. The minimum Gasteiger partial charge on any atom is -0.480 e. The number of guanidine groups is 1. The second kappa shape index (κ2) is 11.1. The second-order valence-corrected chi connectivity index (χ2v) is 10.7. The van der Waals surface area contributed by atoms with E-state index in [4.69, 9.17) is 20.9 Å². The number of hydrogen-bond acceptors (Lipinski definition) is 7. The topological polar surface area (TPSA) is 200 Å². The number of nitrogens with zero attached hydrogens (tertiary/aromatic N) is 1. The van der Waals surface area contributed by atoms with E-state index < -0.39 is 45.4 Å². The average molecular weight is 521 g/mol. The number of nitrogens with two attached hydrogens (primary N) is 2. The van der Waals surface area contributed by atoms with E-state index in [1.54, 1.807) is 32.9 Å². The molecule has 0 saturated carbocycles. The summed E-state index contributed by atoms with van der Waals surface area (Å²) in [6.45, 7) is 4.98. The first-order valence-electron chi connectivity index (χ1n) is 10.5. The van der Waals surface area contributed by atoms with Crippen molar-refractivity contribution in [1.29, 1.82) is 0 Å². The molecule has 6 N–H and O–H groups in total. The van der Waals surface area contributed by atoms with E-state index >= 15 is 0 Å². The van der Waals surface area contributed by atoms with Crippen molar-refractivity contribution in [2.75, 3.05) is 6.26 Å². The normalized spacial score (nSPS) is 12.2. The highest BCUT2D eigenvalue weighted by Gasteiger charge is 2.24. The molecular formula is C23H28N4O8S. The SMILES string of the molecule is CC(C)(C)OC(=O)N[C@@H](Cc1ccc(Oc2ccc(C(=O)N=C(N)N)cc2S(C)(=O)=O)cc1)C(=O)O. The number of sulfone groups is 1. The van der Waals surface area contributed by atoms with Gasteiger partial charge in [0.1, 0.15) is 28.0 Å². The number of amides is 2. The third-order valence-electron chi connectivity index (χ3n) is 4.40. The van der Waals surface area contributed by atoms with Crippen LogP contribution in [0.15, 0.2) is 52.4 Å². The lowest BCUT2D eigenvalue weighted by Gasteiger charge is -2.22. The van der Waals surface area contributed by atoms with Gasteiger partial charge >= 0.3 is 12.1 Å². The highest BCUT2D eigenvalue weighted by molar-refractivity contribution is 7.90. The third-order valence-corrected chi connectivity index (χ3v) is 5.52. The quantitative estimate of drug-likeness (QED) is 0.294. The van der Waals surface area contributed by atoms with Crippen LogP contribution < -0.4 is 21.5 Å². The van der Waals surface area contributed by atoms with Crippen molar-refractivity contribution in [2.45, 2.75) is 43.7 Å². The Labute approximate surface area is 208 Å². The third kappa shape index (κ3) is 8.58. The summed E-state index contributed by atoms with van der Waals surface area (Å²) < 4.78 is 35.4. The molecule has 0 aliphatic carbocycles. The maximum atomic E-state index is 12.3. The summed E-state index contributed by atoms with van der Waals surface area (Å²) in [6.07, 6.45) is 0.0620. The molecule has 0 aliphatic heterocycles. The fourth-order valence-corrected chi connectivity index (χ4v) is 3.72. The summed E-state index contributed by atoms with van der Waals surface area (Å²) in [5, 5.41) is 11.8. The van der Waals surface area contributed by atoms with Gasteiger partial charge in [-0.05, 0) is 56.7 Å². The minimum atomic E-state index is -3.80. The Bertz CT molecular complexity index is 1280. The number of rotatable bonds is 8. The fraction of sp³-hybridized carbons (Fsp3) is 0.304. The number of carboxylic acid groups (broad SMARTS) is 1. The van der Waals surface area contributed by atoms with E-state index in [9.17, 15) is 27.9 Å². The molecule has 2 rings (SSSR count). The molecule has 0 unspecified atom stereocenters. The molecule has 2 aromatic carbocycles. The summed E-state index contributed by atoms with van der Waals surface area (Å²) in [4.78, 5) is 38.7. The van der Waals surface area contributed by atoms with Crippen LogP contribution in [0.5, 0.6) is 11.5 Å². The highest BCUT2D eigenvalue weighted by Crippen LogP contribution is 2.30. The Morgan fingerprint density at radius 1 is 1.08 bits per heavy atom. The first-order chi connectivity index (χ1) is 16.5. The maximum Gasteiger partial charge on any atom is 0.408 e. The van der Waals surface area contributed by atoms with E-state index in [1.165, 1.54) is 24.3 Å². The number of carboxylic acids is 1. The van der Waals surface area contributed by atoms with Crippen LogP contribution in [0.25, 0.3) is 0 Å². The molecule has 0 saturated heterocycles. The number of ether oxygens (including phenoxy) is 2. The number of alkyl carbamates (subject to hydrolysis) is 1. The first kappa shape index (κ1) is 28.1. The Morgan fingerprint density at radius 2 is 1.69 bits per heavy atom. The molecule has 194 valence electrons. The van der Waals surface area contributed by atoms with Crippen molar-refractivity contribution in [3.63, 3.8) is 0 Å². The average Bonchev–Trinajstić information content (AvgIpc) is 2.72. The fourth-order valence-electron chi connectivity index (χ4n) is 2.90. The zero-order valence-corrected chi connectivity index (χ0v) is 21.0. The zero-order chi connectivity index (χ0) is 27.3. The molecule has 0 spiro atoms. The highest BCUT2D eigenvalue weighted by atomic mass is 32.2. The van der Waals surface area contributed by atoms with E-state index in [2.05, 4.69) is 10.3 Å². The van der Waals surface area contributed by atoms with Crippen molar-refractivity contribution in [2.24, 2.45) is 16.5 Å². The molecule has 36 heavy (non-hydrogen) atoms. The molecule has 0 aromatic heterocycles. The van der Waals surface area contributed by atoms with Crippen LogP contribution in [0.2, 0.25) is 0 Å². The largest absolute Gasteiger partial charge is 0.480 e. The Kier molecular flexibility index (Phi) is 8.65. The number of carbonyl (C=O) groups excluding carboxylic acids is 2. The van der Waals surface area contributed by atoms with Crippen molar-refractivity contribution < 1.29 is 37.4 Å². The van der Waals surface area contributed by atoms with Crippen LogP contribution in [0.4, 0.5) is 4.79 Å². The molecule has 12 nitrogen and oxygen atoms in total. The van der Waals surface area contributed by atoms with Crippen LogP contribution in [-0.4, -0.2) is 55.4 Å². The molecule has 0 fully saturated rings. The lowest BCUT2D eigenvalue weighted by Crippen LogP contribution is -2.44. The first-order valence-corrected chi connectivity index (χ1v) is 12.4. The molecule has 0 bridgehead atoms. The predicted molar refractivity (Wildman–Crippen MR) is 131 cm³/mol. The van der Waals surface area contributed by atoms with Crippen molar-refractivity contribution >= 4 is 33.8 Å². The lowest BCUT2D eigenvalue weighted by atomic mass is 10.1. The number of carbonyl (C=O) groups is 3. The summed E-state index contributed by atoms with van der Waals surface area (Å²) in [5.74, 6) is -2.31. The van der Waals surface area contributed by atoms with Crippen LogP contribution in [0, 0.1) is 0 Å². The smallest absolute Gasteiger partial charge is 0.408 e.